The van der Waals surface area contributed by atoms with Crippen molar-refractivity contribution in [3.8, 4) is 11.9 Å². The van der Waals surface area contributed by atoms with Crippen LogP contribution in [0.15, 0.2) is 47.4 Å². The SMILES string of the molecule is Cn1c(=O)c(C(=O)NCc2ccc(C#N)cc2)cc2ccnc(OCC3(SN)CC3)c21. The number of aromatic nitrogens is 2. The lowest BCUT2D eigenvalue weighted by Gasteiger charge is -2.16. The van der Waals surface area contributed by atoms with Gasteiger partial charge in [-0.2, -0.15) is 5.26 Å². The Kier molecular flexibility index (Phi) is 5.67. The molecule has 1 saturated carbocycles. The van der Waals surface area contributed by atoms with Gasteiger partial charge in [0.2, 0.25) is 5.88 Å². The number of nitrogens with two attached hydrogens (primary N) is 1. The number of rotatable bonds is 7. The van der Waals surface area contributed by atoms with Gasteiger partial charge in [-0.1, -0.05) is 24.1 Å². The fraction of sp³-hybridized carbons (Fsp3) is 0.273. The summed E-state index contributed by atoms with van der Waals surface area (Å²) in [6, 6.07) is 12.2. The van der Waals surface area contributed by atoms with Gasteiger partial charge in [0.15, 0.2) is 0 Å². The Hall–Kier alpha value is -3.35. The molecule has 158 valence electrons. The smallest absolute Gasteiger partial charge is 0.263 e. The highest BCUT2D eigenvalue weighted by molar-refractivity contribution is 7.98. The van der Waals surface area contributed by atoms with E-state index in [1.54, 1.807) is 49.6 Å². The van der Waals surface area contributed by atoms with Crippen LogP contribution in [0.1, 0.15) is 34.3 Å². The van der Waals surface area contributed by atoms with Gasteiger partial charge in [0, 0.05) is 25.2 Å². The molecule has 0 saturated heterocycles. The Labute approximate surface area is 183 Å². The summed E-state index contributed by atoms with van der Waals surface area (Å²) in [6.45, 7) is 0.663. The number of nitriles is 1. The molecule has 0 bridgehead atoms. The molecule has 1 aliphatic carbocycles. The van der Waals surface area contributed by atoms with Gasteiger partial charge < -0.3 is 14.6 Å². The number of ether oxygens (including phenoxy) is 1. The number of carbonyl (C=O) groups is 1. The molecule has 0 radical (unpaired) electrons. The molecule has 2 aromatic heterocycles. The van der Waals surface area contributed by atoms with Crippen LogP contribution >= 0.6 is 11.9 Å². The summed E-state index contributed by atoms with van der Waals surface area (Å²) in [5.41, 5.74) is 1.52. The molecule has 3 aromatic rings. The lowest BCUT2D eigenvalue weighted by atomic mass is 10.1. The van der Waals surface area contributed by atoms with E-state index in [4.69, 9.17) is 15.1 Å². The predicted octanol–water partition coefficient (Wildman–Crippen LogP) is 2.25. The number of benzene rings is 1. The van der Waals surface area contributed by atoms with Crippen molar-refractivity contribution in [2.45, 2.75) is 24.1 Å². The van der Waals surface area contributed by atoms with Crippen molar-refractivity contribution in [3.05, 3.63) is 69.6 Å². The van der Waals surface area contributed by atoms with Crippen LogP contribution in [0, 0.1) is 11.3 Å². The van der Waals surface area contributed by atoms with E-state index in [1.165, 1.54) is 16.5 Å². The second kappa shape index (κ2) is 8.41. The highest BCUT2D eigenvalue weighted by atomic mass is 32.2. The van der Waals surface area contributed by atoms with Crippen LogP contribution < -0.4 is 20.8 Å². The Morgan fingerprint density at radius 2 is 2.10 bits per heavy atom. The van der Waals surface area contributed by atoms with Crippen LogP contribution in [0.4, 0.5) is 0 Å². The van der Waals surface area contributed by atoms with Crippen LogP contribution in [0.5, 0.6) is 5.88 Å². The molecule has 2 heterocycles. The number of pyridine rings is 2. The zero-order chi connectivity index (χ0) is 22.0. The minimum atomic E-state index is -0.470. The average molecular weight is 436 g/mol. The number of nitrogens with one attached hydrogen (secondary N) is 1. The molecule has 9 heteroatoms. The number of nitrogens with zero attached hydrogens (tertiary/aromatic N) is 3. The summed E-state index contributed by atoms with van der Waals surface area (Å²) in [4.78, 5) is 29.9. The van der Waals surface area contributed by atoms with Gasteiger partial charge in [-0.3, -0.25) is 14.7 Å². The third-order valence-corrected chi connectivity index (χ3v) is 6.43. The Bertz CT molecular complexity index is 1240. The van der Waals surface area contributed by atoms with Crippen molar-refractivity contribution >= 4 is 28.8 Å². The van der Waals surface area contributed by atoms with Crippen molar-refractivity contribution in [2.75, 3.05) is 6.61 Å². The minimum Gasteiger partial charge on any atom is -0.475 e. The molecule has 1 amide bonds. The molecule has 0 unspecified atom stereocenters. The van der Waals surface area contributed by atoms with E-state index >= 15 is 0 Å². The van der Waals surface area contributed by atoms with E-state index in [2.05, 4.69) is 10.3 Å². The number of amides is 1. The highest BCUT2D eigenvalue weighted by Crippen LogP contribution is 2.46. The highest BCUT2D eigenvalue weighted by Gasteiger charge is 2.44. The average Bonchev–Trinajstić information content (AvgIpc) is 3.59. The van der Waals surface area contributed by atoms with E-state index in [-0.39, 0.29) is 16.9 Å². The normalized spacial score (nSPS) is 14.1. The van der Waals surface area contributed by atoms with Gasteiger partial charge in [0.1, 0.15) is 17.7 Å². The summed E-state index contributed by atoms with van der Waals surface area (Å²) >= 11 is 1.29. The third-order valence-electron chi connectivity index (χ3n) is 5.40. The standard InChI is InChI=1S/C22H21N5O3S/c1-27-18-16(6-9-25-20(18)30-13-22(31-24)7-8-22)10-17(21(27)29)19(28)26-12-15-4-2-14(11-23)3-5-15/h2-6,9-10H,7-8,12-13,24H2,1H3,(H,26,28). The topological polar surface area (TPSA) is 123 Å². The van der Waals surface area contributed by atoms with Crippen LogP contribution in [0.2, 0.25) is 0 Å². The first-order valence-corrected chi connectivity index (χ1v) is 10.6. The zero-order valence-electron chi connectivity index (χ0n) is 16.9. The number of carbonyl (C=O) groups excluding carboxylic acids is 1. The maximum Gasteiger partial charge on any atom is 0.263 e. The molecule has 1 aliphatic rings. The van der Waals surface area contributed by atoms with Crippen molar-refractivity contribution in [1.29, 1.82) is 5.26 Å². The van der Waals surface area contributed by atoms with Gasteiger partial charge in [0.25, 0.3) is 11.5 Å². The lowest BCUT2D eigenvalue weighted by molar-refractivity contribution is 0.0949. The van der Waals surface area contributed by atoms with Gasteiger partial charge >= 0.3 is 0 Å². The molecule has 0 atom stereocenters. The molecule has 31 heavy (non-hydrogen) atoms. The Balaban J connectivity index is 1.57. The van der Waals surface area contributed by atoms with Crippen LogP contribution in [0.25, 0.3) is 10.9 Å². The quantitative estimate of drug-likeness (QED) is 0.546. The second-order valence-corrected chi connectivity index (χ2v) is 8.66. The Morgan fingerprint density at radius 1 is 1.35 bits per heavy atom. The largest absolute Gasteiger partial charge is 0.475 e. The molecule has 0 aliphatic heterocycles. The van der Waals surface area contributed by atoms with Crippen LogP contribution in [0.3, 0.4) is 0 Å². The molecule has 0 spiro atoms. The molecule has 1 aromatic carbocycles. The van der Waals surface area contributed by atoms with Gasteiger partial charge in [-0.15, -0.1) is 0 Å². The van der Waals surface area contributed by atoms with Crippen LogP contribution in [-0.2, 0) is 13.6 Å². The summed E-state index contributed by atoms with van der Waals surface area (Å²) < 4.78 is 7.22. The molecular weight excluding hydrogens is 414 g/mol. The second-order valence-electron chi connectivity index (χ2n) is 7.56. The molecule has 3 N–H and O–H groups in total. The van der Waals surface area contributed by atoms with E-state index < -0.39 is 11.5 Å². The van der Waals surface area contributed by atoms with E-state index in [0.29, 0.717) is 29.0 Å². The summed E-state index contributed by atoms with van der Waals surface area (Å²) in [7, 11) is 1.60. The summed E-state index contributed by atoms with van der Waals surface area (Å²) in [5.74, 6) is -0.121. The first kappa shape index (κ1) is 20.9. The molecule has 8 nitrogen and oxygen atoms in total. The summed E-state index contributed by atoms with van der Waals surface area (Å²) in [6.07, 6.45) is 3.57. The number of hydrogen-bond acceptors (Lipinski definition) is 7. The van der Waals surface area contributed by atoms with E-state index in [9.17, 15) is 9.59 Å². The van der Waals surface area contributed by atoms with Crippen molar-refractivity contribution in [3.63, 3.8) is 0 Å². The van der Waals surface area contributed by atoms with Gasteiger partial charge in [-0.25, -0.2) is 4.98 Å². The fourth-order valence-corrected chi connectivity index (χ4v) is 3.75. The van der Waals surface area contributed by atoms with E-state index in [0.717, 1.165) is 18.4 Å². The zero-order valence-corrected chi connectivity index (χ0v) is 17.7. The maximum absolute atomic E-state index is 12.9. The lowest BCUT2D eigenvalue weighted by Crippen LogP contribution is -2.32. The first-order chi connectivity index (χ1) is 15.0. The minimum absolute atomic E-state index is 0.0389. The fourth-order valence-electron chi connectivity index (χ4n) is 3.28. The molecule has 1 fully saturated rings. The first-order valence-electron chi connectivity index (χ1n) is 9.73. The van der Waals surface area contributed by atoms with Crippen molar-refractivity contribution in [1.82, 2.24) is 14.9 Å². The van der Waals surface area contributed by atoms with Gasteiger partial charge in [0.05, 0.1) is 16.4 Å². The molecule has 4 rings (SSSR count). The molecular formula is C22H21N5O3S. The number of hydrogen-bond donors (Lipinski definition) is 2. The maximum atomic E-state index is 12.9. The summed E-state index contributed by atoms with van der Waals surface area (Å²) in [5, 5.41) is 18.1. The third kappa shape index (κ3) is 4.26. The Morgan fingerprint density at radius 3 is 2.74 bits per heavy atom. The van der Waals surface area contributed by atoms with Crippen molar-refractivity contribution in [2.24, 2.45) is 12.2 Å². The number of fused-ring (bicyclic) bond motifs is 1. The predicted molar refractivity (Wildman–Crippen MR) is 119 cm³/mol. The monoisotopic (exact) mass is 435 g/mol. The van der Waals surface area contributed by atoms with E-state index in [1.807, 2.05) is 6.07 Å². The van der Waals surface area contributed by atoms with Gasteiger partial charge in [-0.05, 0) is 42.7 Å². The van der Waals surface area contributed by atoms with Crippen LogP contribution in [-0.4, -0.2) is 26.8 Å². The number of aryl methyl sites for hydroxylation is 1. The van der Waals surface area contributed by atoms with Crippen molar-refractivity contribution < 1.29 is 9.53 Å².